The number of nitrogens with zero attached hydrogens (tertiary/aromatic N) is 5. The van der Waals surface area contributed by atoms with Gasteiger partial charge < -0.3 is 15.5 Å². The molecule has 0 bridgehead atoms. The lowest BCUT2D eigenvalue weighted by molar-refractivity contribution is -0.138. The molecule has 2 aromatic heterocycles. The van der Waals surface area contributed by atoms with Crippen molar-refractivity contribution in [2.75, 3.05) is 22.6 Å². The summed E-state index contributed by atoms with van der Waals surface area (Å²) in [7, 11) is 1.88. The van der Waals surface area contributed by atoms with E-state index in [0.717, 1.165) is 42.6 Å². The smallest absolute Gasteiger partial charge is 0.351 e. The van der Waals surface area contributed by atoms with Crippen molar-refractivity contribution in [2.24, 2.45) is 11.8 Å². The molecule has 1 amide bonds. The van der Waals surface area contributed by atoms with Gasteiger partial charge in [-0.15, -0.1) is 0 Å². The van der Waals surface area contributed by atoms with Crippen molar-refractivity contribution in [2.45, 2.75) is 58.3 Å². The van der Waals surface area contributed by atoms with Gasteiger partial charge >= 0.3 is 6.18 Å². The zero-order valence-corrected chi connectivity index (χ0v) is 18.4. The molecule has 8 nitrogen and oxygen atoms in total. The summed E-state index contributed by atoms with van der Waals surface area (Å²) in [5.41, 5.74) is 0.528. The monoisotopic (exact) mass is 449 g/mol. The number of carbonyl (C=O) groups is 1. The lowest BCUT2D eigenvalue weighted by Gasteiger charge is -2.38. The zero-order valence-electron chi connectivity index (χ0n) is 18.4. The topological polar surface area (TPSA) is 95.9 Å². The van der Waals surface area contributed by atoms with Crippen LogP contribution in [-0.2, 0) is 17.4 Å². The van der Waals surface area contributed by atoms with Gasteiger partial charge in [-0.1, -0.05) is 13.8 Å². The van der Waals surface area contributed by atoms with E-state index in [2.05, 4.69) is 25.6 Å². The number of likely N-dealkylation sites (N-methyl/N-ethyl adjacent to an activating group) is 1. The van der Waals surface area contributed by atoms with E-state index in [-0.39, 0.29) is 29.9 Å². The van der Waals surface area contributed by atoms with Crippen LogP contribution in [0.25, 0.3) is 0 Å². The average molecular weight is 449 g/mol. The van der Waals surface area contributed by atoms with Crippen LogP contribution in [0.15, 0.2) is 12.4 Å². The minimum absolute atomic E-state index is 0.0483. The molecule has 0 radical (unpaired) electrons. The molecule has 0 unspecified atom stereocenters. The number of anilines is 3. The van der Waals surface area contributed by atoms with Crippen LogP contribution < -0.4 is 15.5 Å². The van der Waals surface area contributed by atoms with E-state index in [1.54, 1.807) is 0 Å². The van der Waals surface area contributed by atoms with Crippen molar-refractivity contribution >= 4 is 23.4 Å². The van der Waals surface area contributed by atoms with Gasteiger partial charge in [0, 0.05) is 31.9 Å². The number of aryl methyl sites for hydroxylation is 1. The molecular formula is C21H26F3N7O. The summed E-state index contributed by atoms with van der Waals surface area (Å²) in [6.45, 7) is 5.87. The molecule has 2 aromatic rings. The summed E-state index contributed by atoms with van der Waals surface area (Å²) in [6.07, 6.45) is -0.534. The first-order valence-corrected chi connectivity index (χ1v) is 10.6. The Morgan fingerprint density at radius 3 is 2.47 bits per heavy atom. The lowest BCUT2D eigenvalue weighted by atomic mass is 9.78. The highest BCUT2D eigenvalue weighted by Crippen LogP contribution is 2.36. The van der Waals surface area contributed by atoms with E-state index in [1.165, 1.54) is 0 Å². The Hall–Kier alpha value is -2.98. The van der Waals surface area contributed by atoms with Crippen molar-refractivity contribution in [3.63, 3.8) is 0 Å². The number of carbonyl (C=O) groups excluding carboxylic acids is 1. The van der Waals surface area contributed by atoms with Gasteiger partial charge in [0.15, 0.2) is 5.82 Å². The number of nitrogens with one attached hydrogen (secondary N) is 2. The predicted octanol–water partition coefficient (Wildman–Crippen LogP) is 3.44. The SMILES string of the molecule is Cc1nc(CC2CC(Nc3ncc(C(F)(F)F)cn3)C2)nc2c1NC(=O)[C@H](C(C)C)N2C. The van der Waals surface area contributed by atoms with Crippen molar-refractivity contribution in [1.82, 2.24) is 19.9 Å². The summed E-state index contributed by atoms with van der Waals surface area (Å²) in [5, 5.41) is 6.02. The van der Waals surface area contributed by atoms with E-state index >= 15 is 0 Å². The first-order chi connectivity index (χ1) is 15.0. The van der Waals surface area contributed by atoms with E-state index in [1.807, 2.05) is 32.7 Å². The number of amides is 1. The van der Waals surface area contributed by atoms with Crippen LogP contribution in [-0.4, -0.2) is 45.0 Å². The molecule has 0 saturated heterocycles. The Balaban J connectivity index is 1.37. The summed E-state index contributed by atoms with van der Waals surface area (Å²) in [5.74, 6) is 2.09. The second-order valence-corrected chi connectivity index (χ2v) is 8.89. The molecule has 1 saturated carbocycles. The Labute approximate surface area is 184 Å². The number of aromatic nitrogens is 4. The number of alkyl halides is 3. The molecule has 1 aliphatic carbocycles. The molecule has 0 aromatic carbocycles. The summed E-state index contributed by atoms with van der Waals surface area (Å²) >= 11 is 0. The van der Waals surface area contributed by atoms with Gasteiger partial charge in [-0.2, -0.15) is 13.2 Å². The largest absolute Gasteiger partial charge is 0.419 e. The number of rotatable bonds is 5. The van der Waals surface area contributed by atoms with Crippen LogP contribution in [0.3, 0.4) is 0 Å². The molecule has 2 N–H and O–H groups in total. The van der Waals surface area contributed by atoms with Crippen LogP contribution in [0, 0.1) is 18.8 Å². The van der Waals surface area contributed by atoms with Crippen molar-refractivity contribution < 1.29 is 18.0 Å². The lowest BCUT2D eigenvalue weighted by Crippen LogP contribution is -2.50. The van der Waals surface area contributed by atoms with Crippen molar-refractivity contribution in [1.29, 1.82) is 0 Å². The number of hydrogen-bond acceptors (Lipinski definition) is 7. The van der Waals surface area contributed by atoms with Gasteiger partial charge in [0.2, 0.25) is 11.9 Å². The maximum Gasteiger partial charge on any atom is 0.419 e. The fourth-order valence-corrected chi connectivity index (χ4v) is 4.37. The van der Waals surface area contributed by atoms with Gasteiger partial charge in [-0.25, -0.2) is 19.9 Å². The quantitative estimate of drug-likeness (QED) is 0.722. The number of hydrogen-bond donors (Lipinski definition) is 2. The van der Waals surface area contributed by atoms with Gasteiger partial charge in [0.1, 0.15) is 17.6 Å². The van der Waals surface area contributed by atoms with Crippen molar-refractivity contribution in [3.8, 4) is 0 Å². The Kier molecular flexibility index (Phi) is 5.68. The minimum atomic E-state index is -4.45. The molecule has 11 heteroatoms. The molecule has 2 aliphatic rings. The molecular weight excluding hydrogens is 423 g/mol. The Bertz CT molecular complexity index is 1000. The molecule has 1 fully saturated rings. The number of fused-ring (bicyclic) bond motifs is 1. The highest BCUT2D eigenvalue weighted by Gasteiger charge is 2.36. The van der Waals surface area contributed by atoms with Gasteiger partial charge in [-0.05, 0) is 31.6 Å². The summed E-state index contributed by atoms with van der Waals surface area (Å²) in [6, 6.07) is -0.187. The third-order valence-electron chi connectivity index (χ3n) is 6.04. The van der Waals surface area contributed by atoms with Crippen LogP contribution >= 0.6 is 0 Å². The van der Waals surface area contributed by atoms with Gasteiger partial charge in [0.25, 0.3) is 0 Å². The summed E-state index contributed by atoms with van der Waals surface area (Å²) < 4.78 is 37.9. The fourth-order valence-electron chi connectivity index (χ4n) is 4.37. The van der Waals surface area contributed by atoms with E-state index in [0.29, 0.717) is 18.0 Å². The zero-order chi connectivity index (χ0) is 23.2. The van der Waals surface area contributed by atoms with E-state index < -0.39 is 11.7 Å². The number of halogens is 3. The fraction of sp³-hybridized carbons (Fsp3) is 0.571. The molecule has 3 heterocycles. The standard InChI is InChI=1S/C21H26F3N7O/c1-10(2)17-19(32)30-16-11(3)27-15(29-18(16)31(17)4)7-12-5-14(6-12)28-20-25-8-13(9-26-20)21(22,23)24/h8-10,12,14,17H,5-7H2,1-4H3,(H,30,32)(H,25,26,28)/t12?,14?,17-/m0/s1. The van der Waals surface area contributed by atoms with E-state index in [4.69, 9.17) is 4.98 Å². The second-order valence-electron chi connectivity index (χ2n) is 8.89. The summed E-state index contributed by atoms with van der Waals surface area (Å²) in [4.78, 5) is 31.2. The van der Waals surface area contributed by atoms with E-state index in [9.17, 15) is 18.0 Å². The molecule has 32 heavy (non-hydrogen) atoms. The average Bonchev–Trinajstić information content (AvgIpc) is 2.67. The first-order valence-electron chi connectivity index (χ1n) is 10.6. The second kappa shape index (κ2) is 8.18. The molecule has 4 rings (SSSR count). The highest BCUT2D eigenvalue weighted by molar-refractivity contribution is 6.03. The third-order valence-corrected chi connectivity index (χ3v) is 6.04. The molecule has 1 atom stereocenters. The maximum absolute atomic E-state index is 12.6. The molecule has 172 valence electrons. The Morgan fingerprint density at radius 2 is 1.88 bits per heavy atom. The first kappa shape index (κ1) is 22.2. The Morgan fingerprint density at radius 1 is 1.22 bits per heavy atom. The van der Waals surface area contributed by atoms with Crippen LogP contribution in [0.5, 0.6) is 0 Å². The van der Waals surface area contributed by atoms with Crippen LogP contribution in [0.4, 0.5) is 30.6 Å². The van der Waals surface area contributed by atoms with Crippen molar-refractivity contribution in [3.05, 3.63) is 29.5 Å². The third kappa shape index (κ3) is 4.33. The van der Waals surface area contributed by atoms with Gasteiger partial charge in [-0.3, -0.25) is 4.79 Å². The minimum Gasteiger partial charge on any atom is -0.351 e. The predicted molar refractivity (Wildman–Crippen MR) is 113 cm³/mol. The molecule has 1 aliphatic heterocycles. The normalized spacial score (nSPS) is 22.9. The highest BCUT2D eigenvalue weighted by atomic mass is 19.4. The molecule has 0 spiro atoms. The maximum atomic E-state index is 12.6. The van der Waals surface area contributed by atoms with Gasteiger partial charge in [0.05, 0.1) is 11.3 Å². The van der Waals surface area contributed by atoms with Crippen LogP contribution in [0.1, 0.15) is 43.8 Å². The van der Waals surface area contributed by atoms with Crippen LogP contribution in [0.2, 0.25) is 0 Å².